The van der Waals surface area contributed by atoms with E-state index in [2.05, 4.69) is 10.9 Å². The van der Waals surface area contributed by atoms with E-state index in [1.165, 1.54) is 27.3 Å². The van der Waals surface area contributed by atoms with Gasteiger partial charge in [-0.3, -0.25) is 0 Å². The Kier molecular flexibility index (Phi) is 8.38. The van der Waals surface area contributed by atoms with E-state index in [1.54, 1.807) is 84.9 Å². The molecule has 4 nitrogen and oxygen atoms in total. The van der Waals surface area contributed by atoms with Crippen LogP contribution in [0, 0.1) is 29.5 Å². The fourth-order valence-electron chi connectivity index (χ4n) is 8.62. The van der Waals surface area contributed by atoms with Gasteiger partial charge in [0, 0.05) is 21.5 Å². The van der Waals surface area contributed by atoms with Crippen molar-refractivity contribution < 1.29 is 22.0 Å². The molecule has 8 aromatic carbocycles. The number of alkyl halides is 3. The van der Waals surface area contributed by atoms with E-state index in [0.29, 0.717) is 77.1 Å². The Morgan fingerprint density at radius 3 is 1.53 bits per heavy atom. The molecule has 2 heterocycles. The van der Waals surface area contributed by atoms with Crippen LogP contribution in [-0.2, 0) is 6.18 Å². The highest BCUT2D eigenvalue weighted by atomic mass is 19.4. The number of rotatable bonds is 5. The first-order valence-corrected chi connectivity index (χ1v) is 18.9. The highest BCUT2D eigenvalue weighted by molar-refractivity contribution is 6.12. The minimum atomic E-state index is -4.99. The highest BCUT2D eigenvalue weighted by Gasteiger charge is 2.40. The van der Waals surface area contributed by atoms with E-state index in [4.69, 9.17) is 6.57 Å². The summed E-state index contributed by atoms with van der Waals surface area (Å²) >= 11 is 0. The number of para-hydroxylation sites is 3. The van der Waals surface area contributed by atoms with E-state index >= 15 is 22.0 Å². The summed E-state index contributed by atoms with van der Waals surface area (Å²) in [6, 6.07) is 47.1. The molecule has 60 heavy (non-hydrogen) atoms. The Hall–Kier alpha value is -8.01. The maximum Gasteiger partial charge on any atom is 0.420 e. The smallest absolute Gasteiger partial charge is 0.309 e. The number of fused-ring (bicyclic) bond motifs is 6. The van der Waals surface area contributed by atoms with Crippen LogP contribution in [0.25, 0.3) is 93.2 Å². The molecule has 286 valence electrons. The molecule has 0 saturated carbocycles. The lowest BCUT2D eigenvalue weighted by atomic mass is 9.97. The zero-order chi connectivity index (χ0) is 41.3. The number of hydrogen-bond donors (Lipinski definition) is 0. The topological polar surface area (TPSA) is 38.0 Å². The van der Waals surface area contributed by atoms with Gasteiger partial charge >= 0.3 is 6.18 Å². The summed E-state index contributed by atoms with van der Waals surface area (Å²) in [5.74, 6) is -1.86. The van der Waals surface area contributed by atoms with Gasteiger partial charge in [-0.05, 0) is 94.5 Å². The number of benzene rings is 8. The molecular weight excluding hydrogens is 764 g/mol. The van der Waals surface area contributed by atoms with Crippen LogP contribution in [0.2, 0.25) is 0 Å². The second-order valence-corrected chi connectivity index (χ2v) is 14.4. The van der Waals surface area contributed by atoms with Crippen LogP contribution in [0.5, 0.6) is 0 Å². The monoisotopic (exact) mass is 790 g/mol. The summed E-state index contributed by atoms with van der Waals surface area (Å²) < 4.78 is 83.6. The van der Waals surface area contributed by atoms with Crippen LogP contribution in [0.1, 0.15) is 11.1 Å². The largest absolute Gasteiger partial charge is 0.420 e. The number of nitriles is 1. The lowest BCUT2D eigenvalue weighted by Crippen LogP contribution is -2.16. The fraction of sp³-hybridized carbons (Fsp3) is 0.0196. The van der Waals surface area contributed by atoms with Crippen LogP contribution in [0.15, 0.2) is 164 Å². The third-order valence-corrected chi connectivity index (χ3v) is 11.2. The van der Waals surface area contributed by atoms with Crippen LogP contribution in [0.3, 0.4) is 0 Å². The standard InChI is InChI=1S/C51H27F5N4/c1-58-42-18-7-4-13-35(42)31-22-24-46-39(26-31)37-15-6-9-20-44(37)60(46)48-28-33(49-40(52)16-10-17-41(49)53)27-47(50(48)51(54,55)56)59-43-19-8-5-14-36(43)38-25-30(21-23-45(38)59)34-12-3-2-11-32(34)29-57/h2-28H. The summed E-state index contributed by atoms with van der Waals surface area (Å²) in [5.41, 5.74) is 3.09. The first-order chi connectivity index (χ1) is 29.2. The molecule has 0 spiro atoms. The molecule has 0 radical (unpaired) electrons. The van der Waals surface area contributed by atoms with Crippen molar-refractivity contribution in [2.75, 3.05) is 0 Å². The highest BCUT2D eigenvalue weighted by Crippen LogP contribution is 2.47. The van der Waals surface area contributed by atoms with Crippen molar-refractivity contribution in [1.29, 1.82) is 5.26 Å². The first kappa shape index (κ1) is 36.3. The maximum absolute atomic E-state index is 16.3. The Morgan fingerprint density at radius 2 is 0.983 bits per heavy atom. The third kappa shape index (κ3) is 5.63. The number of aromatic nitrogens is 2. The predicted molar refractivity (Wildman–Crippen MR) is 227 cm³/mol. The summed E-state index contributed by atoms with van der Waals surface area (Å²) in [4.78, 5) is 3.68. The minimum Gasteiger partial charge on any atom is -0.309 e. The van der Waals surface area contributed by atoms with Gasteiger partial charge in [0.1, 0.15) is 17.2 Å². The molecule has 0 fully saturated rings. The molecule has 0 atom stereocenters. The molecule has 9 heteroatoms. The van der Waals surface area contributed by atoms with Crippen molar-refractivity contribution in [3.8, 4) is 50.8 Å². The van der Waals surface area contributed by atoms with E-state index in [0.717, 1.165) is 12.1 Å². The van der Waals surface area contributed by atoms with Crippen LogP contribution >= 0.6 is 0 Å². The van der Waals surface area contributed by atoms with Crippen molar-refractivity contribution in [3.63, 3.8) is 0 Å². The van der Waals surface area contributed by atoms with Crippen LogP contribution in [-0.4, -0.2) is 9.13 Å². The second kappa shape index (κ2) is 13.8. The van der Waals surface area contributed by atoms with Crippen LogP contribution in [0.4, 0.5) is 27.6 Å². The fourth-order valence-corrected chi connectivity index (χ4v) is 8.62. The molecule has 0 amide bonds. The molecule has 0 aliphatic carbocycles. The molecule has 0 N–H and O–H groups in total. The van der Waals surface area contributed by atoms with Gasteiger partial charge in [-0.25, -0.2) is 13.6 Å². The van der Waals surface area contributed by atoms with Gasteiger partial charge in [0.2, 0.25) is 0 Å². The average molecular weight is 791 g/mol. The maximum atomic E-state index is 16.3. The quantitative estimate of drug-likeness (QED) is 0.126. The van der Waals surface area contributed by atoms with E-state index in [1.807, 2.05) is 48.5 Å². The van der Waals surface area contributed by atoms with E-state index < -0.39 is 28.9 Å². The Balaban J connectivity index is 1.34. The first-order valence-electron chi connectivity index (χ1n) is 18.9. The van der Waals surface area contributed by atoms with Gasteiger partial charge in [-0.15, -0.1) is 0 Å². The van der Waals surface area contributed by atoms with Gasteiger partial charge < -0.3 is 9.13 Å². The number of nitrogens with zero attached hydrogens (tertiary/aromatic N) is 4. The third-order valence-electron chi connectivity index (χ3n) is 11.2. The molecule has 0 aliphatic rings. The van der Waals surface area contributed by atoms with Crippen molar-refractivity contribution in [2.24, 2.45) is 0 Å². The Bertz CT molecular complexity index is 3270. The Labute approximate surface area is 339 Å². The predicted octanol–water partition coefficient (Wildman–Crippen LogP) is 14.6. The van der Waals surface area contributed by atoms with Crippen molar-refractivity contribution in [1.82, 2.24) is 9.13 Å². The zero-order valence-electron chi connectivity index (χ0n) is 31.3. The van der Waals surface area contributed by atoms with Crippen molar-refractivity contribution in [3.05, 3.63) is 198 Å². The summed E-state index contributed by atoms with van der Waals surface area (Å²) in [6.45, 7) is 7.74. The minimum absolute atomic E-state index is 0.0948. The molecular formula is C51H27F5N4. The van der Waals surface area contributed by atoms with Crippen LogP contribution < -0.4 is 0 Å². The van der Waals surface area contributed by atoms with Crippen molar-refractivity contribution in [2.45, 2.75) is 6.18 Å². The van der Waals surface area contributed by atoms with Gasteiger partial charge in [-0.2, -0.15) is 18.4 Å². The summed E-state index contributed by atoms with van der Waals surface area (Å²) in [5, 5.41) is 12.4. The van der Waals surface area contributed by atoms with Gasteiger partial charge in [0.25, 0.3) is 0 Å². The SMILES string of the molecule is [C-]#[N+]c1ccccc1-c1ccc2c(c1)c1ccccc1n2-c1cc(-c2c(F)cccc2F)cc(-n2c3ccccc3c3cc(-c4ccccc4C#N)ccc32)c1C(F)(F)F. The molecule has 10 rings (SSSR count). The zero-order valence-corrected chi connectivity index (χ0v) is 31.3. The molecule has 10 aromatic rings. The lowest BCUT2D eigenvalue weighted by Gasteiger charge is -2.23. The summed E-state index contributed by atoms with van der Waals surface area (Å²) in [7, 11) is 0. The normalized spacial score (nSPS) is 11.7. The lowest BCUT2D eigenvalue weighted by molar-refractivity contribution is -0.137. The molecule has 0 saturated heterocycles. The number of halogens is 5. The van der Waals surface area contributed by atoms with Crippen molar-refractivity contribution >= 4 is 49.3 Å². The molecule has 2 aromatic heterocycles. The van der Waals surface area contributed by atoms with E-state index in [9.17, 15) is 5.26 Å². The molecule has 0 aliphatic heterocycles. The summed E-state index contributed by atoms with van der Waals surface area (Å²) in [6.07, 6.45) is -4.99. The van der Waals surface area contributed by atoms with Gasteiger partial charge in [-0.1, -0.05) is 97.1 Å². The number of hydrogen-bond acceptors (Lipinski definition) is 1. The van der Waals surface area contributed by atoms with Gasteiger partial charge in [0.15, 0.2) is 5.69 Å². The van der Waals surface area contributed by atoms with E-state index in [-0.39, 0.29) is 16.9 Å². The Morgan fingerprint density at radius 1 is 0.500 bits per heavy atom. The van der Waals surface area contributed by atoms with Gasteiger partial charge in [0.05, 0.1) is 57.2 Å². The molecule has 0 unspecified atom stereocenters. The second-order valence-electron chi connectivity index (χ2n) is 14.4. The molecule has 0 bridgehead atoms. The average Bonchev–Trinajstić information content (AvgIpc) is 3.77.